The summed E-state index contributed by atoms with van der Waals surface area (Å²) in [6, 6.07) is 0. The van der Waals surface area contributed by atoms with Crippen LogP contribution in [0.1, 0.15) is 62.3 Å². The van der Waals surface area contributed by atoms with Gasteiger partial charge in [-0.15, -0.1) is 24.8 Å². The molecule has 0 saturated carbocycles. The van der Waals surface area contributed by atoms with Gasteiger partial charge >= 0.3 is 160 Å². The minimum atomic E-state index is -3.16. The summed E-state index contributed by atoms with van der Waals surface area (Å²) in [5.74, 6) is 1.21. The summed E-state index contributed by atoms with van der Waals surface area (Å²) in [5, 5.41) is 0. The Hall–Kier alpha value is 0.640. The molecular formula is C23H42Cl2SiZr. The Labute approximate surface area is 183 Å². The molecular weight excluding hydrogens is 466 g/mol. The summed E-state index contributed by atoms with van der Waals surface area (Å²) in [7, 11) is 0. The third-order valence-corrected chi connectivity index (χ3v) is 30.5. The summed E-state index contributed by atoms with van der Waals surface area (Å²) >= 11 is -3.16. The van der Waals surface area contributed by atoms with Crippen molar-refractivity contribution >= 4 is 31.7 Å². The number of hydrogen-bond donors (Lipinski definition) is 0. The molecule has 2 unspecified atom stereocenters. The average Bonchev–Trinajstić information content (AvgIpc) is 3.02. The number of rotatable bonds is 3. The van der Waals surface area contributed by atoms with Crippen LogP contribution in [0, 0.1) is 22.7 Å². The molecule has 0 heterocycles. The summed E-state index contributed by atoms with van der Waals surface area (Å²) in [4.78, 5) is 0. The van der Waals surface area contributed by atoms with E-state index in [9.17, 15) is 0 Å². The maximum Gasteiger partial charge on any atom is -0.147 e. The first-order chi connectivity index (χ1) is 11.1. The Kier molecular flexibility index (Phi) is 8.61. The van der Waals surface area contributed by atoms with Crippen LogP contribution in [0.5, 0.6) is 0 Å². The standard InChI is InChI=1S/2C10H15.C2H5.CH3.2ClH.H2Si.Zr/c2*1-8-5-6-9(7-8)10(2,3)4;1-2;;;;;/h2*6-8H,1-4H3;1H2,2H3;1H3;2*1H;1H2;. The molecule has 0 radical (unpaired) electrons. The van der Waals surface area contributed by atoms with Crippen molar-refractivity contribution in [3.63, 3.8) is 0 Å². The van der Waals surface area contributed by atoms with Gasteiger partial charge in [0.15, 0.2) is 0 Å². The summed E-state index contributed by atoms with van der Waals surface area (Å²) in [5.41, 5.74) is 3.60. The van der Waals surface area contributed by atoms with Crippen molar-refractivity contribution in [2.24, 2.45) is 22.7 Å². The second kappa shape index (κ2) is 8.41. The van der Waals surface area contributed by atoms with Crippen LogP contribution < -0.4 is 0 Å². The minimum Gasteiger partial charge on any atom is -0.147 e. The molecule has 0 amide bonds. The first-order valence-corrected chi connectivity index (χ1v) is 22.6. The van der Waals surface area contributed by atoms with Crippen molar-refractivity contribution in [1.82, 2.24) is 0 Å². The molecule has 0 aromatic carbocycles. The molecule has 0 saturated heterocycles. The Balaban J connectivity index is 0.00000338. The van der Waals surface area contributed by atoms with Gasteiger partial charge in [-0.05, 0) is 0 Å². The fourth-order valence-corrected chi connectivity index (χ4v) is 22.3. The Morgan fingerprint density at radius 3 is 1.30 bits per heavy atom. The van der Waals surface area contributed by atoms with Gasteiger partial charge in [0.1, 0.15) is 0 Å². The molecule has 2 aliphatic rings. The fraction of sp³-hybridized carbons (Fsp3) is 0.652. The molecule has 2 atom stereocenters. The van der Waals surface area contributed by atoms with Gasteiger partial charge in [0.05, 0.1) is 0 Å². The SMILES string of the molecule is C[CH2][Zr]([CH3])(=[SiH2])([C]1=CC(C(C)(C)C)=CC1C)[C]1=CC(C(C)(C)C)=CC1C.Cl.Cl. The van der Waals surface area contributed by atoms with E-state index in [1.54, 1.807) is 11.1 Å². The van der Waals surface area contributed by atoms with Crippen LogP contribution in [0.2, 0.25) is 8.76 Å². The van der Waals surface area contributed by atoms with Crippen molar-refractivity contribution in [2.45, 2.75) is 71.1 Å². The largest absolute Gasteiger partial charge is 0.147 e. The van der Waals surface area contributed by atoms with Gasteiger partial charge in [0.25, 0.3) is 0 Å². The zero-order chi connectivity index (χ0) is 19.4. The van der Waals surface area contributed by atoms with Crippen LogP contribution in [0.4, 0.5) is 0 Å². The van der Waals surface area contributed by atoms with Crippen LogP contribution in [0.15, 0.2) is 42.0 Å². The second-order valence-corrected chi connectivity index (χ2v) is 38.3. The molecule has 156 valence electrons. The van der Waals surface area contributed by atoms with Gasteiger partial charge in [0, 0.05) is 0 Å². The second-order valence-electron chi connectivity index (χ2n) is 11.2. The van der Waals surface area contributed by atoms with Crippen molar-refractivity contribution in [1.29, 1.82) is 0 Å². The number of hydrogen-bond acceptors (Lipinski definition) is 0. The van der Waals surface area contributed by atoms with E-state index >= 15 is 0 Å². The van der Waals surface area contributed by atoms with Crippen LogP contribution in [0.25, 0.3) is 0 Å². The molecule has 0 N–H and O–H groups in total. The van der Waals surface area contributed by atoms with E-state index < -0.39 is 17.4 Å². The van der Waals surface area contributed by atoms with Crippen molar-refractivity contribution in [2.75, 3.05) is 0 Å². The van der Waals surface area contributed by atoms with Crippen molar-refractivity contribution in [3.8, 4) is 0 Å². The van der Waals surface area contributed by atoms with E-state index in [0.717, 1.165) is 0 Å². The van der Waals surface area contributed by atoms with Crippen LogP contribution >= 0.6 is 24.8 Å². The van der Waals surface area contributed by atoms with Crippen molar-refractivity contribution < 1.29 is 17.4 Å². The molecule has 2 rings (SSSR count). The van der Waals surface area contributed by atoms with Gasteiger partial charge in [-0.3, -0.25) is 0 Å². The first kappa shape index (κ1) is 27.6. The van der Waals surface area contributed by atoms with E-state index in [0.29, 0.717) is 11.8 Å². The van der Waals surface area contributed by atoms with E-state index in [-0.39, 0.29) is 35.6 Å². The number of allylic oxidation sites excluding steroid dienone is 8. The smallest absolute Gasteiger partial charge is 0.147 e. The first-order valence-electron chi connectivity index (χ1n) is 10.0. The van der Waals surface area contributed by atoms with Gasteiger partial charge < -0.3 is 0 Å². The van der Waals surface area contributed by atoms with Gasteiger partial charge in [0.2, 0.25) is 0 Å². The summed E-state index contributed by atoms with van der Waals surface area (Å²) < 4.78 is 7.69. The average molecular weight is 509 g/mol. The third kappa shape index (κ3) is 5.04. The monoisotopic (exact) mass is 506 g/mol. The molecule has 4 heteroatoms. The number of halogens is 2. The minimum absolute atomic E-state index is 0. The Morgan fingerprint density at radius 1 is 0.815 bits per heavy atom. The predicted molar refractivity (Wildman–Crippen MR) is 129 cm³/mol. The van der Waals surface area contributed by atoms with Crippen LogP contribution in [0.3, 0.4) is 0 Å². The summed E-state index contributed by atoms with van der Waals surface area (Å²) in [6.45, 7) is 23.9. The van der Waals surface area contributed by atoms with E-state index in [4.69, 9.17) is 0 Å². The molecule has 27 heavy (non-hydrogen) atoms. The van der Waals surface area contributed by atoms with E-state index in [1.165, 1.54) is 4.13 Å². The quantitative estimate of drug-likeness (QED) is 0.345. The molecule has 0 aliphatic heterocycles. The fourth-order valence-electron chi connectivity index (χ4n) is 4.67. The molecule has 0 nitrogen and oxygen atoms in total. The summed E-state index contributed by atoms with van der Waals surface area (Å²) in [6.07, 6.45) is 10.3. The topological polar surface area (TPSA) is 0 Å². The van der Waals surface area contributed by atoms with Crippen LogP contribution in [-0.4, -0.2) is 6.88 Å². The molecule has 0 aromatic rings. The molecule has 2 aliphatic carbocycles. The van der Waals surface area contributed by atoms with E-state index in [2.05, 4.69) is 98.1 Å². The van der Waals surface area contributed by atoms with Gasteiger partial charge in [-0.25, -0.2) is 0 Å². The maximum atomic E-state index is 2.71. The maximum absolute atomic E-state index is 3.16. The normalized spacial score (nSPS) is 23.7. The molecule has 0 spiro atoms. The van der Waals surface area contributed by atoms with Gasteiger partial charge in [-0.2, -0.15) is 0 Å². The zero-order valence-corrected chi connectivity index (χ0v) is 24.7. The third-order valence-electron chi connectivity index (χ3n) is 6.83. The Bertz CT molecular complexity index is 711. The van der Waals surface area contributed by atoms with Gasteiger partial charge in [-0.1, -0.05) is 0 Å². The van der Waals surface area contributed by atoms with Crippen molar-refractivity contribution in [3.05, 3.63) is 42.0 Å². The zero-order valence-electron chi connectivity index (χ0n) is 19.2. The molecule has 0 aromatic heterocycles. The van der Waals surface area contributed by atoms with E-state index in [1.807, 2.05) is 6.56 Å². The van der Waals surface area contributed by atoms with Crippen LogP contribution in [-0.2, 0) is 17.4 Å². The predicted octanol–water partition coefficient (Wildman–Crippen LogP) is 7.57. The Morgan fingerprint density at radius 2 is 1.11 bits per heavy atom. The molecule has 0 bridgehead atoms. The molecule has 0 fully saturated rings.